The first kappa shape index (κ1) is 21.4. The predicted octanol–water partition coefficient (Wildman–Crippen LogP) is 4.28. The van der Waals surface area contributed by atoms with Gasteiger partial charge in [0.15, 0.2) is 11.9 Å². The fourth-order valence-electron chi connectivity index (χ4n) is 6.13. The number of rotatable bonds is 6. The Morgan fingerprint density at radius 3 is 2.48 bits per heavy atom. The summed E-state index contributed by atoms with van der Waals surface area (Å²) >= 11 is 0. The van der Waals surface area contributed by atoms with Crippen LogP contribution >= 0.6 is 0 Å². The zero-order valence-electron chi connectivity index (χ0n) is 19.1. The molecule has 0 amide bonds. The van der Waals surface area contributed by atoms with Crippen LogP contribution in [0, 0.1) is 23.7 Å². The highest BCUT2D eigenvalue weighted by Gasteiger charge is 2.69. The largest absolute Gasteiger partial charge is 0.497 e. The van der Waals surface area contributed by atoms with Gasteiger partial charge in [0, 0.05) is 18.4 Å². The first-order valence-electron chi connectivity index (χ1n) is 11.5. The molecular formula is C25H34O6. The smallest absolute Gasteiger partial charge is 0.163 e. The second-order valence-electron chi connectivity index (χ2n) is 9.68. The van der Waals surface area contributed by atoms with Gasteiger partial charge in [0.1, 0.15) is 17.5 Å². The van der Waals surface area contributed by atoms with Gasteiger partial charge in [-0.1, -0.05) is 32.1 Å². The molecule has 1 spiro atoms. The summed E-state index contributed by atoms with van der Waals surface area (Å²) in [5.41, 5.74) is 0.0559. The van der Waals surface area contributed by atoms with Crippen molar-refractivity contribution >= 4 is 0 Å². The lowest BCUT2D eigenvalue weighted by molar-refractivity contribution is -0.405. The number of hydrogen-bond acceptors (Lipinski definition) is 6. The van der Waals surface area contributed by atoms with Crippen molar-refractivity contribution in [2.45, 2.75) is 70.4 Å². The molecule has 2 saturated heterocycles. The van der Waals surface area contributed by atoms with Crippen LogP contribution in [-0.2, 0) is 30.6 Å². The maximum atomic E-state index is 6.54. The molecular weight excluding hydrogens is 396 g/mol. The van der Waals surface area contributed by atoms with Gasteiger partial charge in [0.2, 0.25) is 0 Å². The summed E-state index contributed by atoms with van der Waals surface area (Å²) in [6.45, 7) is 9.73. The second-order valence-corrected chi connectivity index (χ2v) is 9.68. The van der Waals surface area contributed by atoms with Crippen LogP contribution in [0.3, 0.4) is 0 Å². The molecule has 0 unspecified atom stereocenters. The highest BCUT2D eigenvalue weighted by molar-refractivity contribution is 5.28. The van der Waals surface area contributed by atoms with E-state index in [2.05, 4.69) is 45.1 Å². The molecule has 1 aromatic rings. The highest BCUT2D eigenvalue weighted by atomic mass is 17.2. The van der Waals surface area contributed by atoms with Gasteiger partial charge in [-0.15, -0.1) is 0 Å². The van der Waals surface area contributed by atoms with Crippen LogP contribution < -0.4 is 4.74 Å². The molecule has 0 radical (unpaired) electrons. The standard InChI is InChI=1S/C25H34O6/c1-6-27-23-16(3)25-12-11-24(4,30-31-25)19-13-20(15(2)21(19)22(25)29-23)28-14-17-7-9-18(26-5)10-8-17/h7-12,15-16,19-23H,6,13-14H2,1-5H3/t15-,16-,19-,20-,21+,22+,23-,24-,25-/m0/s1. The predicted molar refractivity (Wildman–Crippen MR) is 114 cm³/mol. The first-order chi connectivity index (χ1) is 14.9. The minimum Gasteiger partial charge on any atom is -0.497 e. The summed E-state index contributed by atoms with van der Waals surface area (Å²) < 4.78 is 24.2. The molecule has 170 valence electrons. The first-order valence-corrected chi connectivity index (χ1v) is 11.5. The molecule has 0 aromatic heterocycles. The minimum atomic E-state index is -0.613. The Morgan fingerprint density at radius 1 is 1.06 bits per heavy atom. The van der Waals surface area contributed by atoms with E-state index in [1.54, 1.807) is 7.11 Å². The maximum Gasteiger partial charge on any atom is 0.163 e. The lowest BCUT2D eigenvalue weighted by atomic mass is 9.74. The summed E-state index contributed by atoms with van der Waals surface area (Å²) in [6.07, 6.45) is 5.01. The van der Waals surface area contributed by atoms with Crippen LogP contribution in [0.1, 0.15) is 39.7 Å². The van der Waals surface area contributed by atoms with Gasteiger partial charge in [-0.3, -0.25) is 0 Å². The summed E-state index contributed by atoms with van der Waals surface area (Å²) in [5.74, 6) is 1.72. The van der Waals surface area contributed by atoms with Gasteiger partial charge < -0.3 is 18.9 Å². The van der Waals surface area contributed by atoms with Crippen molar-refractivity contribution in [2.75, 3.05) is 13.7 Å². The van der Waals surface area contributed by atoms with E-state index < -0.39 is 11.2 Å². The van der Waals surface area contributed by atoms with Crippen LogP contribution in [0.2, 0.25) is 0 Å². The van der Waals surface area contributed by atoms with Crippen molar-refractivity contribution in [3.8, 4) is 5.75 Å². The van der Waals surface area contributed by atoms with Crippen LogP contribution in [0.5, 0.6) is 5.75 Å². The lowest BCUT2D eigenvalue weighted by Crippen LogP contribution is -2.49. The quantitative estimate of drug-likeness (QED) is 0.496. The van der Waals surface area contributed by atoms with E-state index in [0.717, 1.165) is 17.7 Å². The Labute approximate surface area is 184 Å². The Bertz CT molecular complexity index is 824. The molecule has 3 fully saturated rings. The van der Waals surface area contributed by atoms with E-state index >= 15 is 0 Å². The van der Waals surface area contributed by atoms with Crippen molar-refractivity contribution in [1.82, 2.24) is 0 Å². The van der Waals surface area contributed by atoms with Crippen molar-refractivity contribution in [2.24, 2.45) is 23.7 Å². The molecule has 9 atom stereocenters. The van der Waals surface area contributed by atoms with E-state index in [0.29, 0.717) is 19.1 Å². The van der Waals surface area contributed by atoms with E-state index in [4.69, 9.17) is 28.7 Å². The number of hydrogen-bond donors (Lipinski definition) is 0. The number of benzene rings is 1. The van der Waals surface area contributed by atoms with Crippen molar-refractivity contribution < 1.29 is 28.7 Å². The maximum absolute atomic E-state index is 6.54. The fraction of sp³-hybridized carbons (Fsp3) is 0.680. The van der Waals surface area contributed by atoms with Crippen molar-refractivity contribution in [3.05, 3.63) is 42.0 Å². The Balaban J connectivity index is 1.38. The minimum absolute atomic E-state index is 0.0449. The van der Waals surface area contributed by atoms with E-state index in [-0.39, 0.29) is 36.3 Å². The average Bonchev–Trinajstić information content (AvgIpc) is 3.18. The third-order valence-electron chi connectivity index (χ3n) is 8.07. The molecule has 2 bridgehead atoms. The van der Waals surface area contributed by atoms with Crippen LogP contribution in [-0.4, -0.2) is 43.4 Å². The normalized spacial score (nSPS) is 45.4. The number of fused-ring (bicyclic) bond motifs is 1. The molecule has 3 heterocycles. The Morgan fingerprint density at radius 2 is 1.84 bits per heavy atom. The third kappa shape index (κ3) is 3.26. The molecule has 31 heavy (non-hydrogen) atoms. The average molecular weight is 431 g/mol. The molecule has 2 aliphatic carbocycles. The zero-order chi connectivity index (χ0) is 21.8. The number of methoxy groups -OCH3 is 1. The molecule has 3 aliphatic heterocycles. The SMILES string of the molecule is CCO[C@H]1O[C@@H]2[C@@H]3[C@@H](C)[C@@H](OCc4ccc(OC)cc4)C[C@@H]3[C@]3(C)C=C[C@]2(OO3)[C@H]1C. The fourth-order valence-corrected chi connectivity index (χ4v) is 6.13. The van der Waals surface area contributed by atoms with Gasteiger partial charge in [-0.2, -0.15) is 0 Å². The summed E-state index contributed by atoms with van der Waals surface area (Å²) in [6, 6.07) is 8.07. The summed E-state index contributed by atoms with van der Waals surface area (Å²) in [5, 5.41) is 0. The van der Waals surface area contributed by atoms with E-state index in [1.807, 2.05) is 19.1 Å². The van der Waals surface area contributed by atoms with E-state index in [9.17, 15) is 0 Å². The Kier molecular flexibility index (Phi) is 5.42. The van der Waals surface area contributed by atoms with Crippen LogP contribution in [0.15, 0.2) is 36.4 Å². The van der Waals surface area contributed by atoms with Gasteiger partial charge >= 0.3 is 0 Å². The molecule has 6 rings (SSSR count). The third-order valence-corrected chi connectivity index (χ3v) is 8.07. The van der Waals surface area contributed by atoms with Crippen LogP contribution in [0.4, 0.5) is 0 Å². The van der Waals surface area contributed by atoms with Crippen LogP contribution in [0.25, 0.3) is 0 Å². The van der Waals surface area contributed by atoms with Crippen molar-refractivity contribution in [1.29, 1.82) is 0 Å². The number of ether oxygens (including phenoxy) is 4. The molecule has 1 aromatic carbocycles. The molecule has 6 nitrogen and oxygen atoms in total. The highest BCUT2D eigenvalue weighted by Crippen LogP contribution is 2.60. The van der Waals surface area contributed by atoms with Gasteiger partial charge in [0.05, 0.1) is 19.8 Å². The van der Waals surface area contributed by atoms with Gasteiger partial charge in [-0.05, 0) is 55.9 Å². The lowest BCUT2D eigenvalue weighted by Gasteiger charge is -2.38. The van der Waals surface area contributed by atoms with Gasteiger partial charge in [0.25, 0.3) is 0 Å². The molecule has 0 N–H and O–H groups in total. The molecule has 5 aliphatic rings. The second kappa shape index (κ2) is 7.85. The molecule has 1 saturated carbocycles. The summed E-state index contributed by atoms with van der Waals surface area (Å²) in [7, 11) is 1.68. The van der Waals surface area contributed by atoms with Gasteiger partial charge in [-0.25, -0.2) is 9.78 Å². The Hall–Kier alpha value is -1.44. The molecule has 6 heteroatoms. The topological polar surface area (TPSA) is 55.4 Å². The zero-order valence-corrected chi connectivity index (χ0v) is 19.1. The summed E-state index contributed by atoms with van der Waals surface area (Å²) in [4.78, 5) is 12.2. The van der Waals surface area contributed by atoms with Crippen molar-refractivity contribution in [3.63, 3.8) is 0 Å². The van der Waals surface area contributed by atoms with E-state index in [1.165, 1.54) is 0 Å². The monoisotopic (exact) mass is 430 g/mol.